The number of rotatable bonds is 6. The molecule has 2 aromatic rings. The van der Waals surface area contributed by atoms with Crippen LogP contribution in [0.2, 0.25) is 0 Å². The van der Waals surface area contributed by atoms with Crippen LogP contribution in [0.15, 0.2) is 36.8 Å². The standard InChI is InChI=1S/C15H19N5O/c1-3-7-17-14-10-18-13(9-19-14)15(21)20(2)11-12-6-4-5-8-16-12/h4-6,8-10H,3,7,11H2,1-2H3,(H,17,19). The molecule has 0 unspecified atom stereocenters. The van der Waals surface area contributed by atoms with Gasteiger partial charge in [0.25, 0.3) is 5.91 Å². The molecule has 0 atom stereocenters. The Hall–Kier alpha value is -2.50. The van der Waals surface area contributed by atoms with E-state index in [9.17, 15) is 4.79 Å². The molecule has 110 valence electrons. The van der Waals surface area contributed by atoms with Crippen LogP contribution in [0.1, 0.15) is 29.5 Å². The number of aromatic nitrogens is 3. The van der Waals surface area contributed by atoms with E-state index in [1.807, 2.05) is 18.2 Å². The molecule has 0 bridgehead atoms. The number of anilines is 1. The van der Waals surface area contributed by atoms with Crippen molar-refractivity contribution in [1.82, 2.24) is 19.9 Å². The van der Waals surface area contributed by atoms with Gasteiger partial charge in [0.05, 0.1) is 24.6 Å². The lowest BCUT2D eigenvalue weighted by Crippen LogP contribution is -2.27. The van der Waals surface area contributed by atoms with Crippen molar-refractivity contribution in [3.8, 4) is 0 Å². The van der Waals surface area contributed by atoms with Crippen LogP contribution >= 0.6 is 0 Å². The van der Waals surface area contributed by atoms with E-state index in [0.717, 1.165) is 18.7 Å². The number of amides is 1. The Labute approximate surface area is 124 Å². The fourth-order valence-electron chi connectivity index (χ4n) is 1.78. The summed E-state index contributed by atoms with van der Waals surface area (Å²) in [5, 5.41) is 3.12. The van der Waals surface area contributed by atoms with Gasteiger partial charge in [0.15, 0.2) is 0 Å². The van der Waals surface area contributed by atoms with Crippen LogP contribution in [-0.4, -0.2) is 39.4 Å². The first-order valence-corrected chi connectivity index (χ1v) is 6.92. The van der Waals surface area contributed by atoms with Gasteiger partial charge in [-0.15, -0.1) is 0 Å². The van der Waals surface area contributed by atoms with Gasteiger partial charge in [-0.25, -0.2) is 9.97 Å². The van der Waals surface area contributed by atoms with Crippen LogP contribution in [0.5, 0.6) is 0 Å². The van der Waals surface area contributed by atoms with Crippen molar-refractivity contribution in [2.24, 2.45) is 0 Å². The minimum Gasteiger partial charge on any atom is -0.369 e. The Morgan fingerprint density at radius 3 is 2.71 bits per heavy atom. The molecule has 2 rings (SSSR count). The van der Waals surface area contributed by atoms with Gasteiger partial charge < -0.3 is 10.2 Å². The summed E-state index contributed by atoms with van der Waals surface area (Å²) in [6.07, 6.45) is 5.80. The first kappa shape index (κ1) is 14.9. The van der Waals surface area contributed by atoms with Crippen molar-refractivity contribution in [1.29, 1.82) is 0 Å². The van der Waals surface area contributed by atoms with Crippen molar-refractivity contribution in [3.05, 3.63) is 48.2 Å². The predicted molar refractivity (Wildman–Crippen MR) is 80.8 cm³/mol. The normalized spacial score (nSPS) is 10.2. The van der Waals surface area contributed by atoms with E-state index >= 15 is 0 Å². The summed E-state index contributed by atoms with van der Waals surface area (Å²) in [4.78, 5) is 26.4. The highest BCUT2D eigenvalue weighted by molar-refractivity contribution is 5.91. The molecule has 1 amide bonds. The molecule has 0 spiro atoms. The molecular weight excluding hydrogens is 266 g/mol. The van der Waals surface area contributed by atoms with Crippen LogP contribution in [0, 0.1) is 0 Å². The maximum atomic E-state index is 12.2. The summed E-state index contributed by atoms with van der Waals surface area (Å²) < 4.78 is 0. The topological polar surface area (TPSA) is 71.0 Å². The molecule has 0 fully saturated rings. The minimum absolute atomic E-state index is 0.171. The molecule has 0 saturated carbocycles. The predicted octanol–water partition coefficient (Wildman–Crippen LogP) is 1.97. The third-order valence-electron chi connectivity index (χ3n) is 2.90. The third kappa shape index (κ3) is 4.24. The highest BCUT2D eigenvalue weighted by Gasteiger charge is 2.14. The first-order valence-electron chi connectivity index (χ1n) is 6.92. The Morgan fingerprint density at radius 2 is 2.10 bits per heavy atom. The van der Waals surface area contributed by atoms with E-state index in [4.69, 9.17) is 0 Å². The van der Waals surface area contributed by atoms with E-state index in [-0.39, 0.29) is 5.91 Å². The monoisotopic (exact) mass is 285 g/mol. The van der Waals surface area contributed by atoms with Crippen LogP contribution in [0.25, 0.3) is 0 Å². The fraction of sp³-hybridized carbons (Fsp3) is 0.333. The molecule has 6 heteroatoms. The number of hydrogen-bond donors (Lipinski definition) is 1. The van der Waals surface area contributed by atoms with E-state index in [1.165, 1.54) is 6.20 Å². The molecule has 6 nitrogen and oxygen atoms in total. The molecule has 1 N–H and O–H groups in total. The number of hydrogen-bond acceptors (Lipinski definition) is 5. The lowest BCUT2D eigenvalue weighted by molar-refractivity contribution is 0.0777. The second kappa shape index (κ2) is 7.33. The van der Waals surface area contributed by atoms with E-state index in [2.05, 4.69) is 27.2 Å². The van der Waals surface area contributed by atoms with Crippen molar-refractivity contribution < 1.29 is 4.79 Å². The lowest BCUT2D eigenvalue weighted by atomic mass is 10.3. The zero-order valence-corrected chi connectivity index (χ0v) is 12.3. The fourth-order valence-corrected chi connectivity index (χ4v) is 1.78. The smallest absolute Gasteiger partial charge is 0.274 e. The molecule has 0 aliphatic carbocycles. The Morgan fingerprint density at radius 1 is 1.24 bits per heavy atom. The number of nitrogens with one attached hydrogen (secondary N) is 1. The number of carbonyl (C=O) groups is 1. The molecule has 0 aliphatic rings. The molecule has 0 saturated heterocycles. The van der Waals surface area contributed by atoms with E-state index in [1.54, 1.807) is 24.3 Å². The molecule has 0 aliphatic heterocycles. The summed E-state index contributed by atoms with van der Waals surface area (Å²) in [7, 11) is 1.72. The highest BCUT2D eigenvalue weighted by atomic mass is 16.2. The Bertz CT molecular complexity index is 570. The zero-order chi connectivity index (χ0) is 15.1. The number of carbonyl (C=O) groups excluding carboxylic acids is 1. The minimum atomic E-state index is -0.171. The third-order valence-corrected chi connectivity index (χ3v) is 2.90. The largest absolute Gasteiger partial charge is 0.369 e. The quantitative estimate of drug-likeness (QED) is 0.878. The molecule has 0 radical (unpaired) electrons. The average molecular weight is 285 g/mol. The maximum absolute atomic E-state index is 12.2. The number of nitrogens with zero attached hydrogens (tertiary/aromatic N) is 4. The van der Waals surface area contributed by atoms with Crippen molar-refractivity contribution >= 4 is 11.7 Å². The Kier molecular flexibility index (Phi) is 5.20. The van der Waals surface area contributed by atoms with E-state index < -0.39 is 0 Å². The second-order valence-corrected chi connectivity index (χ2v) is 4.70. The lowest BCUT2D eigenvalue weighted by Gasteiger charge is -2.16. The van der Waals surface area contributed by atoms with Crippen molar-refractivity contribution in [2.45, 2.75) is 19.9 Å². The summed E-state index contributed by atoms with van der Waals surface area (Å²) in [5.74, 6) is 0.510. The van der Waals surface area contributed by atoms with Crippen LogP contribution < -0.4 is 5.32 Å². The van der Waals surface area contributed by atoms with Crippen molar-refractivity contribution in [2.75, 3.05) is 18.9 Å². The zero-order valence-electron chi connectivity index (χ0n) is 12.3. The van der Waals surface area contributed by atoms with Gasteiger partial charge in [0, 0.05) is 19.8 Å². The highest BCUT2D eigenvalue weighted by Crippen LogP contribution is 2.06. The molecular formula is C15H19N5O. The Balaban J connectivity index is 1.98. The first-order chi connectivity index (χ1) is 10.2. The molecule has 2 aromatic heterocycles. The van der Waals surface area contributed by atoms with Gasteiger partial charge in [-0.05, 0) is 18.6 Å². The summed E-state index contributed by atoms with van der Waals surface area (Å²) >= 11 is 0. The average Bonchev–Trinajstić information content (AvgIpc) is 2.53. The van der Waals surface area contributed by atoms with Gasteiger partial charge in [-0.1, -0.05) is 13.0 Å². The van der Waals surface area contributed by atoms with Crippen LogP contribution in [0.3, 0.4) is 0 Å². The summed E-state index contributed by atoms with van der Waals surface area (Å²) in [5.41, 5.74) is 1.16. The second-order valence-electron chi connectivity index (χ2n) is 4.70. The molecule has 21 heavy (non-hydrogen) atoms. The maximum Gasteiger partial charge on any atom is 0.274 e. The summed E-state index contributed by atoms with van der Waals surface area (Å²) in [6.45, 7) is 3.35. The molecule has 0 aromatic carbocycles. The van der Waals surface area contributed by atoms with Gasteiger partial charge in [0.1, 0.15) is 11.5 Å². The van der Waals surface area contributed by atoms with Crippen LogP contribution in [-0.2, 0) is 6.54 Å². The summed E-state index contributed by atoms with van der Waals surface area (Å²) in [6, 6.07) is 5.63. The SMILES string of the molecule is CCCNc1cnc(C(=O)N(C)Cc2ccccn2)cn1. The van der Waals surface area contributed by atoms with Gasteiger partial charge in [-0.2, -0.15) is 0 Å². The van der Waals surface area contributed by atoms with Gasteiger partial charge >= 0.3 is 0 Å². The van der Waals surface area contributed by atoms with Crippen LogP contribution in [0.4, 0.5) is 5.82 Å². The molecule has 2 heterocycles. The van der Waals surface area contributed by atoms with Gasteiger partial charge in [-0.3, -0.25) is 9.78 Å². The van der Waals surface area contributed by atoms with Gasteiger partial charge in [0.2, 0.25) is 0 Å². The van der Waals surface area contributed by atoms with Crippen molar-refractivity contribution in [3.63, 3.8) is 0 Å². The number of pyridine rings is 1. The van der Waals surface area contributed by atoms with E-state index in [0.29, 0.717) is 18.1 Å².